The summed E-state index contributed by atoms with van der Waals surface area (Å²) in [6.07, 6.45) is 3.86. The maximum Gasteiger partial charge on any atom is 0.328 e. The maximum absolute atomic E-state index is 12.1. The molecule has 0 aliphatic heterocycles. The van der Waals surface area contributed by atoms with Gasteiger partial charge in [0, 0.05) is 12.2 Å². The van der Waals surface area contributed by atoms with Gasteiger partial charge in [0.2, 0.25) is 0 Å². The average molecular weight is 285 g/mol. The summed E-state index contributed by atoms with van der Waals surface area (Å²) in [4.78, 5) is 23.6. The smallest absolute Gasteiger partial charge is 0.328 e. The number of carbonyl (C=O) groups excluding carboxylic acids is 2. The standard InChI is InChI=1S/C13H17ClN2O3/c1-3-19-13(18)8(2)15-12(17)11-6-9(14)7-16(11)10-4-5-10/h6-8,10H,3-5H2,1-2H3,(H,15,17). The second-order valence-corrected chi connectivity index (χ2v) is 5.07. The number of halogens is 1. The van der Waals surface area contributed by atoms with Gasteiger partial charge in [0.05, 0.1) is 11.6 Å². The van der Waals surface area contributed by atoms with Crippen molar-refractivity contribution in [3.8, 4) is 0 Å². The second-order valence-electron chi connectivity index (χ2n) is 4.63. The zero-order valence-corrected chi connectivity index (χ0v) is 11.7. The van der Waals surface area contributed by atoms with Crippen LogP contribution in [0, 0.1) is 0 Å². The summed E-state index contributed by atoms with van der Waals surface area (Å²) in [5.74, 6) is -0.745. The summed E-state index contributed by atoms with van der Waals surface area (Å²) < 4.78 is 6.72. The number of amides is 1. The molecule has 1 amide bonds. The quantitative estimate of drug-likeness (QED) is 0.843. The first-order valence-corrected chi connectivity index (χ1v) is 6.75. The molecule has 1 aromatic heterocycles. The fraction of sp³-hybridized carbons (Fsp3) is 0.538. The van der Waals surface area contributed by atoms with E-state index in [-0.39, 0.29) is 5.91 Å². The fourth-order valence-corrected chi connectivity index (χ4v) is 2.09. The first kappa shape index (κ1) is 13.9. The molecule has 5 nitrogen and oxygen atoms in total. The number of aromatic nitrogens is 1. The van der Waals surface area contributed by atoms with Gasteiger partial charge in [-0.1, -0.05) is 11.6 Å². The van der Waals surface area contributed by atoms with Crippen molar-refractivity contribution >= 4 is 23.5 Å². The molecule has 19 heavy (non-hydrogen) atoms. The van der Waals surface area contributed by atoms with Crippen molar-refractivity contribution in [1.29, 1.82) is 0 Å². The van der Waals surface area contributed by atoms with Crippen molar-refractivity contribution in [2.75, 3.05) is 6.61 Å². The highest BCUT2D eigenvalue weighted by atomic mass is 35.5. The van der Waals surface area contributed by atoms with E-state index in [9.17, 15) is 9.59 Å². The summed E-state index contributed by atoms with van der Waals surface area (Å²) in [5, 5.41) is 3.15. The van der Waals surface area contributed by atoms with Crippen molar-refractivity contribution in [2.45, 2.75) is 38.8 Å². The molecule has 1 saturated carbocycles. The number of carbonyl (C=O) groups is 2. The number of rotatable bonds is 5. The highest BCUT2D eigenvalue weighted by molar-refractivity contribution is 6.31. The van der Waals surface area contributed by atoms with Crippen LogP contribution >= 0.6 is 11.6 Å². The number of ether oxygens (including phenoxy) is 1. The van der Waals surface area contributed by atoms with Gasteiger partial charge in [-0.15, -0.1) is 0 Å². The molecule has 104 valence electrons. The fourth-order valence-electron chi connectivity index (χ4n) is 1.88. The van der Waals surface area contributed by atoms with Crippen molar-refractivity contribution in [3.63, 3.8) is 0 Å². The van der Waals surface area contributed by atoms with Crippen LogP contribution in [-0.4, -0.2) is 29.1 Å². The van der Waals surface area contributed by atoms with Crippen LogP contribution in [0.3, 0.4) is 0 Å². The molecular weight excluding hydrogens is 268 g/mol. The Morgan fingerprint density at radius 2 is 2.26 bits per heavy atom. The lowest BCUT2D eigenvalue weighted by atomic mass is 10.3. The van der Waals surface area contributed by atoms with E-state index >= 15 is 0 Å². The molecule has 1 atom stereocenters. The van der Waals surface area contributed by atoms with E-state index in [2.05, 4.69) is 5.32 Å². The van der Waals surface area contributed by atoms with Crippen LogP contribution in [0.15, 0.2) is 12.3 Å². The van der Waals surface area contributed by atoms with Gasteiger partial charge >= 0.3 is 5.97 Å². The van der Waals surface area contributed by atoms with Crippen LogP contribution in [0.4, 0.5) is 0 Å². The number of hydrogen-bond donors (Lipinski definition) is 1. The van der Waals surface area contributed by atoms with E-state index in [0.717, 1.165) is 12.8 Å². The van der Waals surface area contributed by atoms with Crippen LogP contribution in [-0.2, 0) is 9.53 Å². The SMILES string of the molecule is CCOC(=O)C(C)NC(=O)c1cc(Cl)cn1C1CC1. The molecule has 1 fully saturated rings. The Kier molecular flexibility index (Phi) is 4.14. The van der Waals surface area contributed by atoms with E-state index in [4.69, 9.17) is 16.3 Å². The Hall–Kier alpha value is -1.49. The van der Waals surface area contributed by atoms with Crippen molar-refractivity contribution in [3.05, 3.63) is 23.0 Å². The van der Waals surface area contributed by atoms with E-state index < -0.39 is 12.0 Å². The molecule has 1 heterocycles. The van der Waals surface area contributed by atoms with Gasteiger partial charge in [-0.25, -0.2) is 4.79 Å². The Morgan fingerprint density at radius 1 is 1.58 bits per heavy atom. The molecule has 1 unspecified atom stereocenters. The van der Waals surface area contributed by atoms with Crippen LogP contribution in [0.5, 0.6) is 0 Å². The molecule has 0 radical (unpaired) electrons. The average Bonchev–Trinajstić information content (AvgIpc) is 3.12. The summed E-state index contributed by atoms with van der Waals surface area (Å²) in [6.45, 7) is 3.62. The van der Waals surface area contributed by atoms with E-state index in [1.807, 2.05) is 4.57 Å². The van der Waals surface area contributed by atoms with Crippen LogP contribution in [0.25, 0.3) is 0 Å². The molecule has 1 N–H and O–H groups in total. The van der Waals surface area contributed by atoms with Crippen molar-refractivity contribution in [2.24, 2.45) is 0 Å². The Bertz CT molecular complexity index is 494. The van der Waals surface area contributed by atoms with Gasteiger partial charge in [0.1, 0.15) is 11.7 Å². The lowest BCUT2D eigenvalue weighted by Crippen LogP contribution is -2.40. The lowest BCUT2D eigenvalue weighted by Gasteiger charge is -2.13. The zero-order chi connectivity index (χ0) is 14.0. The minimum absolute atomic E-state index is 0.295. The van der Waals surface area contributed by atoms with E-state index in [1.165, 1.54) is 0 Å². The molecule has 2 rings (SSSR count). The molecule has 0 saturated heterocycles. The van der Waals surface area contributed by atoms with Gasteiger partial charge in [0.25, 0.3) is 5.91 Å². The van der Waals surface area contributed by atoms with Gasteiger partial charge in [-0.3, -0.25) is 4.79 Å². The predicted octanol–water partition coefficient (Wildman–Crippen LogP) is 2.16. The van der Waals surface area contributed by atoms with E-state index in [1.54, 1.807) is 26.1 Å². The number of nitrogens with one attached hydrogen (secondary N) is 1. The van der Waals surface area contributed by atoms with Crippen LogP contribution in [0.2, 0.25) is 5.02 Å². The van der Waals surface area contributed by atoms with Gasteiger partial charge in [-0.05, 0) is 32.8 Å². The zero-order valence-electron chi connectivity index (χ0n) is 11.0. The van der Waals surface area contributed by atoms with Gasteiger partial charge in [0.15, 0.2) is 0 Å². The monoisotopic (exact) mass is 284 g/mol. The van der Waals surface area contributed by atoms with Crippen molar-refractivity contribution in [1.82, 2.24) is 9.88 Å². The number of hydrogen-bond acceptors (Lipinski definition) is 3. The summed E-state index contributed by atoms with van der Waals surface area (Å²) in [6, 6.07) is 1.30. The largest absolute Gasteiger partial charge is 0.464 e. The third-order valence-electron chi connectivity index (χ3n) is 2.98. The van der Waals surface area contributed by atoms with Gasteiger partial charge < -0.3 is 14.6 Å². The summed E-state index contributed by atoms with van der Waals surface area (Å²) in [7, 11) is 0. The topological polar surface area (TPSA) is 60.3 Å². The minimum Gasteiger partial charge on any atom is -0.464 e. The molecule has 1 aromatic rings. The normalized spacial score (nSPS) is 15.9. The predicted molar refractivity (Wildman–Crippen MR) is 71.3 cm³/mol. The highest BCUT2D eigenvalue weighted by Crippen LogP contribution is 2.37. The molecule has 0 bridgehead atoms. The highest BCUT2D eigenvalue weighted by Gasteiger charge is 2.28. The Labute approximate surface area is 116 Å². The third-order valence-corrected chi connectivity index (χ3v) is 3.18. The van der Waals surface area contributed by atoms with Crippen LogP contribution in [0.1, 0.15) is 43.2 Å². The van der Waals surface area contributed by atoms with Crippen molar-refractivity contribution < 1.29 is 14.3 Å². The minimum atomic E-state index is -0.672. The first-order chi connectivity index (χ1) is 9.02. The summed E-state index contributed by atoms with van der Waals surface area (Å²) in [5.41, 5.74) is 0.489. The molecule has 0 aromatic carbocycles. The van der Waals surface area contributed by atoms with Gasteiger partial charge in [-0.2, -0.15) is 0 Å². The van der Waals surface area contributed by atoms with E-state index in [0.29, 0.717) is 23.4 Å². The molecule has 1 aliphatic carbocycles. The number of nitrogens with zero attached hydrogens (tertiary/aromatic N) is 1. The number of esters is 1. The Balaban J connectivity index is 2.05. The summed E-state index contributed by atoms with van der Waals surface area (Å²) >= 11 is 5.94. The molecular formula is C13H17ClN2O3. The molecule has 0 spiro atoms. The lowest BCUT2D eigenvalue weighted by molar-refractivity contribution is -0.144. The third kappa shape index (κ3) is 3.29. The molecule has 1 aliphatic rings. The van der Waals surface area contributed by atoms with Crippen LogP contribution < -0.4 is 5.32 Å². The molecule has 6 heteroatoms. The Morgan fingerprint density at radius 3 is 2.84 bits per heavy atom. The first-order valence-electron chi connectivity index (χ1n) is 6.37. The second kappa shape index (κ2) is 5.65. The maximum atomic E-state index is 12.1.